The van der Waals surface area contributed by atoms with Gasteiger partial charge in [-0.3, -0.25) is 0 Å². The predicted molar refractivity (Wildman–Crippen MR) is 94.8 cm³/mol. The van der Waals surface area contributed by atoms with Crippen LogP contribution >= 0.6 is 0 Å². The highest BCUT2D eigenvalue weighted by Crippen LogP contribution is 2.41. The van der Waals surface area contributed by atoms with Crippen molar-refractivity contribution in [2.45, 2.75) is 50.9 Å². The maximum absolute atomic E-state index is 13.7. The van der Waals surface area contributed by atoms with Gasteiger partial charge in [-0.2, -0.15) is 0 Å². The van der Waals surface area contributed by atoms with E-state index in [0.29, 0.717) is 31.4 Å². The van der Waals surface area contributed by atoms with Gasteiger partial charge in [0.2, 0.25) is 0 Å². The number of aliphatic hydroxyl groups is 2. The summed E-state index contributed by atoms with van der Waals surface area (Å²) in [5, 5.41) is 20.6. The first-order valence-electron chi connectivity index (χ1n) is 8.76. The van der Waals surface area contributed by atoms with E-state index in [4.69, 9.17) is 4.74 Å². The molecule has 0 aliphatic heterocycles. The van der Waals surface area contributed by atoms with Gasteiger partial charge < -0.3 is 14.9 Å². The molecule has 25 heavy (non-hydrogen) atoms. The average molecular weight is 344 g/mol. The number of hydrogen-bond acceptors (Lipinski definition) is 3. The minimum absolute atomic E-state index is 0.121. The zero-order chi connectivity index (χ0) is 18.0. The van der Waals surface area contributed by atoms with Gasteiger partial charge in [-0.1, -0.05) is 30.3 Å². The lowest BCUT2D eigenvalue weighted by Gasteiger charge is -2.25. The Morgan fingerprint density at radius 3 is 2.60 bits per heavy atom. The van der Waals surface area contributed by atoms with Crippen molar-refractivity contribution >= 4 is 0 Å². The van der Waals surface area contributed by atoms with Crippen molar-refractivity contribution in [3.8, 4) is 0 Å². The summed E-state index contributed by atoms with van der Waals surface area (Å²) in [7, 11) is 0. The van der Waals surface area contributed by atoms with E-state index in [2.05, 4.69) is 6.07 Å². The van der Waals surface area contributed by atoms with E-state index in [0.717, 1.165) is 11.1 Å². The molecule has 2 atom stereocenters. The van der Waals surface area contributed by atoms with Crippen LogP contribution in [0.5, 0.6) is 0 Å². The molecule has 0 bridgehead atoms. The number of benzene rings is 2. The van der Waals surface area contributed by atoms with Gasteiger partial charge in [0.05, 0.1) is 12.7 Å². The third-order valence-corrected chi connectivity index (χ3v) is 4.76. The van der Waals surface area contributed by atoms with Crippen LogP contribution in [0.1, 0.15) is 61.0 Å². The van der Waals surface area contributed by atoms with Crippen molar-refractivity contribution < 1.29 is 19.3 Å². The molecule has 0 fully saturated rings. The van der Waals surface area contributed by atoms with Crippen molar-refractivity contribution in [1.82, 2.24) is 0 Å². The Labute approximate surface area is 148 Å². The molecule has 0 spiro atoms. The first-order valence-corrected chi connectivity index (χ1v) is 8.76. The normalized spacial score (nSPS) is 19.9. The van der Waals surface area contributed by atoms with Gasteiger partial charge in [-0.05, 0) is 67.5 Å². The van der Waals surface area contributed by atoms with Gasteiger partial charge in [0.1, 0.15) is 5.82 Å². The van der Waals surface area contributed by atoms with E-state index in [1.165, 1.54) is 17.7 Å². The molecular weight excluding hydrogens is 319 g/mol. The lowest BCUT2D eigenvalue weighted by molar-refractivity contribution is -0.176. The number of aliphatic hydroxyl groups excluding tert-OH is 1. The maximum Gasteiger partial charge on any atom is 0.159 e. The number of fused-ring (bicyclic) bond motifs is 2. The fraction of sp³-hybridized carbons (Fsp3) is 0.429. The van der Waals surface area contributed by atoms with E-state index >= 15 is 0 Å². The third kappa shape index (κ3) is 4.27. The van der Waals surface area contributed by atoms with Gasteiger partial charge in [0, 0.05) is 5.92 Å². The topological polar surface area (TPSA) is 49.7 Å². The predicted octanol–water partition coefficient (Wildman–Crippen LogP) is 4.07. The Balaban J connectivity index is 1.87. The molecule has 2 aromatic rings. The minimum Gasteiger partial charge on any atom is -0.388 e. The van der Waals surface area contributed by atoms with Crippen LogP contribution in [-0.2, 0) is 11.2 Å². The van der Waals surface area contributed by atoms with Crippen molar-refractivity contribution in [2.24, 2.45) is 0 Å². The molecule has 0 saturated carbocycles. The summed E-state index contributed by atoms with van der Waals surface area (Å²) in [4.78, 5) is 0. The molecule has 2 aromatic carbocycles. The van der Waals surface area contributed by atoms with Crippen LogP contribution in [0.4, 0.5) is 4.39 Å². The Hall–Kier alpha value is -1.75. The summed E-state index contributed by atoms with van der Waals surface area (Å²) in [6, 6.07) is 12.8. The van der Waals surface area contributed by atoms with Crippen LogP contribution in [0.2, 0.25) is 0 Å². The van der Waals surface area contributed by atoms with E-state index in [1.807, 2.05) is 18.2 Å². The molecular formula is C21H25FO3. The highest BCUT2D eigenvalue weighted by atomic mass is 19.1. The highest BCUT2D eigenvalue weighted by molar-refractivity contribution is 5.44. The van der Waals surface area contributed by atoms with Crippen LogP contribution in [0.15, 0.2) is 42.5 Å². The summed E-state index contributed by atoms with van der Waals surface area (Å²) >= 11 is 0. The number of ether oxygens (including phenoxy) is 1. The summed E-state index contributed by atoms with van der Waals surface area (Å²) < 4.78 is 19.1. The Kier molecular flexibility index (Phi) is 5.23. The zero-order valence-corrected chi connectivity index (χ0v) is 14.7. The van der Waals surface area contributed by atoms with Crippen molar-refractivity contribution in [2.75, 3.05) is 6.61 Å². The molecule has 1 aliphatic rings. The summed E-state index contributed by atoms with van der Waals surface area (Å²) in [5.41, 5.74) is 3.91. The molecule has 3 rings (SSSR count). The minimum atomic E-state index is -1.16. The second-order valence-electron chi connectivity index (χ2n) is 7.21. The molecule has 134 valence electrons. The molecule has 0 unspecified atom stereocenters. The largest absolute Gasteiger partial charge is 0.388 e. The molecule has 0 amide bonds. The molecule has 0 radical (unpaired) electrons. The van der Waals surface area contributed by atoms with Gasteiger partial charge in [0.15, 0.2) is 5.79 Å². The second-order valence-corrected chi connectivity index (χ2v) is 7.21. The first kappa shape index (κ1) is 18.1. The van der Waals surface area contributed by atoms with Crippen LogP contribution in [0.3, 0.4) is 0 Å². The van der Waals surface area contributed by atoms with Gasteiger partial charge in [-0.15, -0.1) is 0 Å². The summed E-state index contributed by atoms with van der Waals surface area (Å²) in [6.45, 7) is 3.61. The zero-order valence-electron chi connectivity index (χ0n) is 14.7. The highest BCUT2D eigenvalue weighted by Gasteiger charge is 2.30. The van der Waals surface area contributed by atoms with Gasteiger partial charge in [-0.25, -0.2) is 4.39 Å². The standard InChI is InChI=1S/C21H25FO3/c1-21(2,24)25-11-5-8-18-17-7-4-3-6-14(17)12-15-9-10-16(22)13-19(15)20(18)23/h3-4,6-7,9-10,13,18,20,23-24H,5,8,11-12H2,1-2H3/t18-,20-/m1/s1. The van der Waals surface area contributed by atoms with E-state index in [1.54, 1.807) is 19.9 Å². The molecule has 0 aromatic heterocycles. The number of halogens is 1. The van der Waals surface area contributed by atoms with E-state index in [9.17, 15) is 14.6 Å². The van der Waals surface area contributed by atoms with Gasteiger partial charge >= 0.3 is 0 Å². The molecule has 4 heteroatoms. The van der Waals surface area contributed by atoms with Crippen LogP contribution < -0.4 is 0 Å². The second kappa shape index (κ2) is 7.24. The Morgan fingerprint density at radius 1 is 1.12 bits per heavy atom. The van der Waals surface area contributed by atoms with Gasteiger partial charge in [0.25, 0.3) is 0 Å². The summed E-state index contributed by atoms with van der Waals surface area (Å²) in [5.74, 6) is -1.60. The molecule has 2 N–H and O–H groups in total. The molecule has 0 heterocycles. The SMILES string of the molecule is CC(C)(O)OCCC[C@@H]1c2ccccc2Cc2ccc(F)cc2[C@@H]1O. The molecule has 3 nitrogen and oxygen atoms in total. The number of hydrogen-bond donors (Lipinski definition) is 2. The van der Waals surface area contributed by atoms with Crippen LogP contribution in [-0.4, -0.2) is 22.6 Å². The summed E-state index contributed by atoms with van der Waals surface area (Å²) in [6.07, 6.45) is 1.34. The van der Waals surface area contributed by atoms with Crippen LogP contribution in [0, 0.1) is 5.82 Å². The Bertz CT molecular complexity index is 736. The molecule has 1 aliphatic carbocycles. The van der Waals surface area contributed by atoms with E-state index in [-0.39, 0.29) is 11.7 Å². The molecule has 0 saturated heterocycles. The van der Waals surface area contributed by atoms with Crippen molar-refractivity contribution in [3.05, 3.63) is 70.5 Å². The van der Waals surface area contributed by atoms with Crippen LogP contribution in [0.25, 0.3) is 0 Å². The van der Waals surface area contributed by atoms with Crippen molar-refractivity contribution in [3.63, 3.8) is 0 Å². The number of rotatable bonds is 5. The Morgan fingerprint density at radius 2 is 1.84 bits per heavy atom. The van der Waals surface area contributed by atoms with E-state index < -0.39 is 11.9 Å². The smallest absolute Gasteiger partial charge is 0.159 e. The monoisotopic (exact) mass is 344 g/mol. The van der Waals surface area contributed by atoms with Crippen molar-refractivity contribution in [1.29, 1.82) is 0 Å². The lowest BCUT2D eigenvalue weighted by Crippen LogP contribution is -2.24. The average Bonchev–Trinajstić information content (AvgIpc) is 2.66. The fourth-order valence-electron chi connectivity index (χ4n) is 3.59. The third-order valence-electron chi connectivity index (χ3n) is 4.76. The lowest BCUT2D eigenvalue weighted by atomic mass is 9.85. The maximum atomic E-state index is 13.7. The fourth-order valence-corrected chi connectivity index (χ4v) is 3.59. The quantitative estimate of drug-likeness (QED) is 0.635. The first-order chi connectivity index (χ1) is 11.8.